The van der Waals surface area contributed by atoms with Gasteiger partial charge in [-0.3, -0.25) is 9.59 Å². The third-order valence-corrected chi connectivity index (χ3v) is 4.26. The second kappa shape index (κ2) is 9.25. The lowest BCUT2D eigenvalue weighted by Gasteiger charge is -2.31. The Bertz CT molecular complexity index is 583. The Balaban J connectivity index is 2.57. The highest BCUT2D eigenvalue weighted by atomic mass is 35.5. The zero-order valence-corrected chi connectivity index (χ0v) is 16.3. The normalized spacial score (nSPS) is 12.4. The number of quaternary nitrogens is 1. The number of carbonyl (C=O) groups excluding carboxylic acids is 2. The van der Waals surface area contributed by atoms with Crippen molar-refractivity contribution in [1.29, 1.82) is 0 Å². The first-order valence-electron chi connectivity index (χ1n) is 7.99. The second-order valence-electron chi connectivity index (χ2n) is 6.48. The zero-order valence-electron chi connectivity index (χ0n) is 14.8. The average Bonchev–Trinajstić information content (AvgIpc) is 2.41. The molecule has 0 aliphatic heterocycles. The van der Waals surface area contributed by atoms with Gasteiger partial charge >= 0.3 is 0 Å². The summed E-state index contributed by atoms with van der Waals surface area (Å²) < 4.78 is 0. The number of amides is 2. The molecule has 0 saturated heterocycles. The third-order valence-electron chi connectivity index (χ3n) is 3.52. The summed E-state index contributed by atoms with van der Waals surface area (Å²) in [6.07, 6.45) is 0. The fraction of sp³-hybridized carbons (Fsp3) is 0.529. The van der Waals surface area contributed by atoms with Crippen molar-refractivity contribution >= 4 is 40.7 Å². The van der Waals surface area contributed by atoms with Gasteiger partial charge in [0.05, 0.1) is 17.1 Å². The van der Waals surface area contributed by atoms with Crippen LogP contribution in [0.25, 0.3) is 0 Å². The van der Waals surface area contributed by atoms with E-state index >= 15 is 0 Å². The van der Waals surface area contributed by atoms with Crippen molar-refractivity contribution in [3.05, 3.63) is 28.2 Å². The minimum Gasteiger partial charge on any atom is -0.333 e. The largest absolute Gasteiger partial charge is 0.333 e. The lowest BCUT2D eigenvalue weighted by Crippen LogP contribution is -3.11. The quantitative estimate of drug-likeness (QED) is 0.767. The number of anilines is 1. The molecule has 1 aromatic rings. The number of rotatable bonds is 7. The molecule has 0 heterocycles. The summed E-state index contributed by atoms with van der Waals surface area (Å²) in [6, 6.07) is 5.18. The van der Waals surface area contributed by atoms with Crippen molar-refractivity contribution in [2.24, 2.45) is 0 Å². The van der Waals surface area contributed by atoms with Gasteiger partial charge in [0.1, 0.15) is 0 Å². The van der Waals surface area contributed by atoms with Gasteiger partial charge in [-0.15, -0.1) is 0 Å². The molecule has 5 nitrogen and oxygen atoms in total. The summed E-state index contributed by atoms with van der Waals surface area (Å²) in [4.78, 5) is 27.2. The SMILES string of the molecule is CC(C)N(C(=O)C[NH+](C)CC(=O)Nc1ccc(Cl)c(Cl)c1)C(C)C. The van der Waals surface area contributed by atoms with Crippen LogP contribution in [0.1, 0.15) is 27.7 Å². The molecule has 24 heavy (non-hydrogen) atoms. The zero-order chi connectivity index (χ0) is 18.4. The van der Waals surface area contributed by atoms with Crippen LogP contribution < -0.4 is 10.2 Å². The van der Waals surface area contributed by atoms with Crippen molar-refractivity contribution in [2.45, 2.75) is 39.8 Å². The highest BCUT2D eigenvalue weighted by Gasteiger charge is 2.24. The van der Waals surface area contributed by atoms with Gasteiger partial charge in [-0.1, -0.05) is 23.2 Å². The van der Waals surface area contributed by atoms with Crippen LogP contribution in [0.4, 0.5) is 5.69 Å². The molecule has 1 rings (SSSR count). The van der Waals surface area contributed by atoms with E-state index in [0.717, 1.165) is 4.90 Å². The van der Waals surface area contributed by atoms with Gasteiger partial charge in [-0.2, -0.15) is 0 Å². The summed E-state index contributed by atoms with van der Waals surface area (Å²) in [5.74, 6) is -0.140. The molecule has 134 valence electrons. The van der Waals surface area contributed by atoms with Gasteiger partial charge < -0.3 is 15.1 Å². The van der Waals surface area contributed by atoms with Crippen LogP contribution >= 0.6 is 23.2 Å². The molecule has 2 N–H and O–H groups in total. The van der Waals surface area contributed by atoms with Crippen molar-refractivity contribution < 1.29 is 14.5 Å². The molecule has 0 aromatic heterocycles. The molecule has 0 aliphatic carbocycles. The smallest absolute Gasteiger partial charge is 0.279 e. The molecule has 0 aliphatic rings. The minimum atomic E-state index is -0.181. The standard InChI is InChI=1S/C17H25Cl2N3O2/c1-11(2)22(12(3)4)17(24)10-21(5)9-16(23)20-13-6-7-14(18)15(19)8-13/h6-8,11-12H,9-10H2,1-5H3,(H,20,23)/p+1. The van der Waals surface area contributed by atoms with E-state index in [1.807, 2.05) is 39.6 Å². The number of benzene rings is 1. The lowest BCUT2D eigenvalue weighted by atomic mass is 10.2. The van der Waals surface area contributed by atoms with Crippen LogP contribution in [0.3, 0.4) is 0 Å². The topological polar surface area (TPSA) is 53.9 Å². The number of carbonyl (C=O) groups is 2. The lowest BCUT2D eigenvalue weighted by molar-refractivity contribution is -0.862. The van der Waals surface area contributed by atoms with Crippen molar-refractivity contribution in [3.63, 3.8) is 0 Å². The summed E-state index contributed by atoms with van der Waals surface area (Å²) in [6.45, 7) is 8.42. The van der Waals surface area contributed by atoms with E-state index < -0.39 is 0 Å². The van der Waals surface area contributed by atoms with Crippen LogP contribution in [0.5, 0.6) is 0 Å². The fourth-order valence-corrected chi connectivity index (χ4v) is 2.94. The first kappa shape index (κ1) is 20.7. The molecular formula is C17H26Cl2N3O2+. The van der Waals surface area contributed by atoms with E-state index in [9.17, 15) is 9.59 Å². The van der Waals surface area contributed by atoms with E-state index in [1.54, 1.807) is 18.2 Å². The predicted octanol–water partition coefficient (Wildman–Crippen LogP) is 2.09. The van der Waals surface area contributed by atoms with Crippen LogP contribution in [0.15, 0.2) is 18.2 Å². The van der Waals surface area contributed by atoms with Crippen LogP contribution in [-0.2, 0) is 9.59 Å². The van der Waals surface area contributed by atoms with E-state index in [4.69, 9.17) is 23.2 Å². The maximum absolute atomic E-state index is 12.4. The Hall–Kier alpha value is -1.30. The second-order valence-corrected chi connectivity index (χ2v) is 7.29. The molecule has 1 atom stereocenters. The average molecular weight is 375 g/mol. The highest BCUT2D eigenvalue weighted by Crippen LogP contribution is 2.24. The van der Waals surface area contributed by atoms with Gasteiger partial charge in [-0.25, -0.2) is 0 Å². The van der Waals surface area contributed by atoms with E-state index in [-0.39, 0.29) is 37.0 Å². The summed E-state index contributed by atoms with van der Waals surface area (Å²) in [7, 11) is 1.82. The molecule has 2 amide bonds. The summed E-state index contributed by atoms with van der Waals surface area (Å²) in [5.41, 5.74) is 0.583. The Morgan fingerprint density at radius 1 is 1.08 bits per heavy atom. The predicted molar refractivity (Wildman–Crippen MR) is 98.8 cm³/mol. The molecule has 1 unspecified atom stereocenters. The van der Waals surface area contributed by atoms with E-state index in [0.29, 0.717) is 15.7 Å². The molecule has 0 fully saturated rings. The van der Waals surface area contributed by atoms with Gasteiger partial charge in [0.2, 0.25) is 0 Å². The van der Waals surface area contributed by atoms with E-state index in [1.165, 1.54) is 0 Å². The van der Waals surface area contributed by atoms with Gasteiger partial charge in [0.25, 0.3) is 11.8 Å². The maximum Gasteiger partial charge on any atom is 0.279 e. The molecule has 1 aromatic carbocycles. The van der Waals surface area contributed by atoms with Crippen molar-refractivity contribution in [3.8, 4) is 0 Å². The Morgan fingerprint density at radius 2 is 1.67 bits per heavy atom. The molecule has 0 radical (unpaired) electrons. The number of halogens is 2. The van der Waals surface area contributed by atoms with Crippen LogP contribution in [-0.4, -0.2) is 48.9 Å². The molecule has 0 bridgehead atoms. The monoisotopic (exact) mass is 374 g/mol. The molecular weight excluding hydrogens is 349 g/mol. The van der Waals surface area contributed by atoms with Crippen LogP contribution in [0, 0.1) is 0 Å². The van der Waals surface area contributed by atoms with Gasteiger partial charge in [0.15, 0.2) is 13.1 Å². The number of hydrogen-bond acceptors (Lipinski definition) is 2. The number of nitrogens with one attached hydrogen (secondary N) is 2. The Labute approximate surface area is 153 Å². The third kappa shape index (κ3) is 6.30. The summed E-state index contributed by atoms with van der Waals surface area (Å²) >= 11 is 11.8. The number of nitrogens with zero attached hydrogens (tertiary/aromatic N) is 1. The molecule has 0 saturated carbocycles. The number of hydrogen-bond donors (Lipinski definition) is 2. The Kier molecular flexibility index (Phi) is 8.00. The highest BCUT2D eigenvalue weighted by molar-refractivity contribution is 6.42. The van der Waals surface area contributed by atoms with Gasteiger partial charge in [-0.05, 0) is 45.9 Å². The Morgan fingerprint density at radius 3 is 2.17 bits per heavy atom. The van der Waals surface area contributed by atoms with Crippen LogP contribution in [0.2, 0.25) is 10.0 Å². The number of likely N-dealkylation sites (N-methyl/N-ethyl adjacent to an activating group) is 1. The van der Waals surface area contributed by atoms with Crippen molar-refractivity contribution in [2.75, 3.05) is 25.5 Å². The minimum absolute atomic E-state index is 0.0415. The molecule has 0 spiro atoms. The first-order chi connectivity index (χ1) is 11.1. The molecule has 7 heteroatoms. The fourth-order valence-electron chi connectivity index (χ4n) is 2.64. The van der Waals surface area contributed by atoms with Gasteiger partial charge in [0, 0.05) is 17.8 Å². The maximum atomic E-state index is 12.4. The van der Waals surface area contributed by atoms with Crippen molar-refractivity contribution in [1.82, 2.24) is 4.90 Å². The summed E-state index contributed by atoms with van der Waals surface area (Å²) in [5, 5.41) is 3.58. The first-order valence-corrected chi connectivity index (χ1v) is 8.74. The van der Waals surface area contributed by atoms with E-state index in [2.05, 4.69) is 5.32 Å².